The van der Waals surface area contributed by atoms with Crippen LogP contribution in [0.5, 0.6) is 5.75 Å². The van der Waals surface area contributed by atoms with E-state index < -0.39 is 5.97 Å². The number of hydrogen-bond donors (Lipinski definition) is 1. The molecule has 0 saturated heterocycles. The van der Waals surface area contributed by atoms with Gasteiger partial charge in [0, 0.05) is 17.8 Å². The minimum atomic E-state index is -1.11. The fraction of sp³-hybridized carbons (Fsp3) is 0.143. The summed E-state index contributed by atoms with van der Waals surface area (Å²) in [5.74, 6) is -0.418. The number of aromatic nitrogens is 1. The fourth-order valence-electron chi connectivity index (χ4n) is 1.79. The van der Waals surface area contributed by atoms with Gasteiger partial charge in [0.05, 0.1) is 19.2 Å². The maximum absolute atomic E-state index is 11.8. The number of carboxylic acid groups (broad SMARTS) is 1. The van der Waals surface area contributed by atoms with Gasteiger partial charge < -0.3 is 14.4 Å². The average molecular weight is 259 g/mol. The Labute approximate surface area is 109 Å². The molecule has 98 valence electrons. The molecule has 0 bridgehead atoms. The van der Waals surface area contributed by atoms with Crippen LogP contribution in [0.25, 0.3) is 0 Å². The highest BCUT2D eigenvalue weighted by molar-refractivity contribution is 5.87. The lowest BCUT2D eigenvalue weighted by Crippen LogP contribution is -2.21. The quantitative estimate of drug-likeness (QED) is 0.905. The van der Waals surface area contributed by atoms with E-state index in [1.165, 1.54) is 16.8 Å². The van der Waals surface area contributed by atoms with Gasteiger partial charge in [-0.05, 0) is 12.1 Å². The zero-order valence-corrected chi connectivity index (χ0v) is 10.4. The van der Waals surface area contributed by atoms with Gasteiger partial charge in [-0.1, -0.05) is 18.2 Å². The van der Waals surface area contributed by atoms with Gasteiger partial charge in [-0.3, -0.25) is 4.79 Å². The molecule has 0 aliphatic carbocycles. The van der Waals surface area contributed by atoms with Gasteiger partial charge >= 0.3 is 5.97 Å². The van der Waals surface area contributed by atoms with Crippen molar-refractivity contribution in [1.82, 2.24) is 4.57 Å². The molecule has 5 nitrogen and oxygen atoms in total. The second-order valence-electron chi connectivity index (χ2n) is 4.00. The highest BCUT2D eigenvalue weighted by Crippen LogP contribution is 2.17. The van der Waals surface area contributed by atoms with Crippen molar-refractivity contribution in [3.8, 4) is 5.75 Å². The number of nitrogens with zero attached hydrogens (tertiary/aromatic N) is 1. The molecule has 0 fully saturated rings. The summed E-state index contributed by atoms with van der Waals surface area (Å²) < 4.78 is 6.64. The topological polar surface area (TPSA) is 68.5 Å². The molecule has 0 unspecified atom stereocenters. The first-order valence-electron chi connectivity index (χ1n) is 5.67. The molecule has 0 aliphatic heterocycles. The molecule has 2 aromatic rings. The SMILES string of the molecule is COc1ccccc1Cn1ccc(C(=O)O)cc1=O. The molecule has 0 atom stereocenters. The summed E-state index contributed by atoms with van der Waals surface area (Å²) in [6.07, 6.45) is 1.47. The maximum atomic E-state index is 11.8. The Hall–Kier alpha value is -2.56. The number of carbonyl (C=O) groups is 1. The van der Waals surface area contributed by atoms with Crippen molar-refractivity contribution in [2.45, 2.75) is 6.54 Å². The van der Waals surface area contributed by atoms with Crippen molar-refractivity contribution in [1.29, 1.82) is 0 Å². The highest BCUT2D eigenvalue weighted by Gasteiger charge is 2.07. The Morgan fingerprint density at radius 1 is 1.32 bits per heavy atom. The van der Waals surface area contributed by atoms with Crippen molar-refractivity contribution < 1.29 is 14.6 Å². The van der Waals surface area contributed by atoms with E-state index in [2.05, 4.69) is 0 Å². The first kappa shape index (κ1) is 12.9. The number of aromatic carboxylic acids is 1. The lowest BCUT2D eigenvalue weighted by atomic mass is 10.2. The molecule has 0 aliphatic rings. The van der Waals surface area contributed by atoms with E-state index in [0.29, 0.717) is 12.3 Å². The largest absolute Gasteiger partial charge is 0.496 e. The van der Waals surface area contributed by atoms with Crippen LogP contribution in [0.15, 0.2) is 47.4 Å². The van der Waals surface area contributed by atoms with E-state index in [1.807, 2.05) is 24.3 Å². The molecule has 1 aromatic carbocycles. The standard InChI is InChI=1S/C14H13NO4/c1-19-12-5-3-2-4-11(12)9-15-7-6-10(14(17)18)8-13(15)16/h2-8H,9H2,1H3,(H,17,18). The number of benzene rings is 1. The van der Waals surface area contributed by atoms with E-state index in [9.17, 15) is 9.59 Å². The van der Waals surface area contributed by atoms with Crippen LogP contribution in [0.2, 0.25) is 0 Å². The van der Waals surface area contributed by atoms with Crippen LogP contribution in [0.3, 0.4) is 0 Å². The summed E-state index contributed by atoms with van der Waals surface area (Å²) in [5.41, 5.74) is 0.488. The third kappa shape index (κ3) is 2.82. The van der Waals surface area contributed by atoms with E-state index in [-0.39, 0.29) is 11.1 Å². The smallest absolute Gasteiger partial charge is 0.335 e. The Balaban J connectivity index is 2.34. The van der Waals surface area contributed by atoms with Crippen LogP contribution in [0.4, 0.5) is 0 Å². The molecular formula is C14H13NO4. The third-order valence-corrected chi connectivity index (χ3v) is 2.78. The van der Waals surface area contributed by atoms with Gasteiger partial charge in [0.15, 0.2) is 0 Å². The van der Waals surface area contributed by atoms with Crippen molar-refractivity contribution >= 4 is 5.97 Å². The van der Waals surface area contributed by atoms with Gasteiger partial charge in [-0.15, -0.1) is 0 Å². The number of rotatable bonds is 4. The highest BCUT2D eigenvalue weighted by atomic mass is 16.5. The minimum absolute atomic E-state index is 0.0127. The maximum Gasteiger partial charge on any atom is 0.335 e. The van der Waals surface area contributed by atoms with Crippen molar-refractivity contribution in [3.63, 3.8) is 0 Å². The lowest BCUT2D eigenvalue weighted by Gasteiger charge is -2.10. The number of pyridine rings is 1. The molecule has 5 heteroatoms. The zero-order valence-electron chi connectivity index (χ0n) is 10.4. The molecule has 0 radical (unpaired) electrons. The summed E-state index contributed by atoms with van der Waals surface area (Å²) in [6, 6.07) is 9.88. The normalized spacial score (nSPS) is 10.2. The first-order chi connectivity index (χ1) is 9.11. The van der Waals surface area contributed by atoms with E-state index in [0.717, 1.165) is 11.6 Å². The van der Waals surface area contributed by atoms with Crippen molar-refractivity contribution in [2.24, 2.45) is 0 Å². The average Bonchev–Trinajstić information content (AvgIpc) is 2.41. The Morgan fingerprint density at radius 2 is 2.05 bits per heavy atom. The van der Waals surface area contributed by atoms with Crippen LogP contribution >= 0.6 is 0 Å². The third-order valence-electron chi connectivity index (χ3n) is 2.78. The van der Waals surface area contributed by atoms with Gasteiger partial charge in [0.25, 0.3) is 5.56 Å². The predicted octanol–water partition coefficient (Wildman–Crippen LogP) is 1.60. The van der Waals surface area contributed by atoms with Crippen molar-refractivity contribution in [3.05, 3.63) is 64.1 Å². The predicted molar refractivity (Wildman–Crippen MR) is 69.8 cm³/mol. The number of hydrogen-bond acceptors (Lipinski definition) is 3. The Bertz CT molecular complexity index is 660. The fourth-order valence-corrected chi connectivity index (χ4v) is 1.79. The number of para-hydroxylation sites is 1. The van der Waals surface area contributed by atoms with E-state index in [4.69, 9.17) is 9.84 Å². The lowest BCUT2D eigenvalue weighted by molar-refractivity contribution is 0.0696. The number of ether oxygens (including phenoxy) is 1. The number of carboxylic acids is 1. The molecular weight excluding hydrogens is 246 g/mol. The van der Waals surface area contributed by atoms with Crippen LogP contribution in [-0.4, -0.2) is 22.8 Å². The second kappa shape index (κ2) is 5.39. The van der Waals surface area contributed by atoms with Gasteiger partial charge in [-0.2, -0.15) is 0 Å². The van der Waals surface area contributed by atoms with Crippen LogP contribution in [-0.2, 0) is 6.54 Å². The van der Waals surface area contributed by atoms with Crippen LogP contribution < -0.4 is 10.3 Å². The molecule has 0 spiro atoms. The molecule has 1 aromatic heterocycles. The van der Waals surface area contributed by atoms with E-state index >= 15 is 0 Å². The van der Waals surface area contributed by atoms with Gasteiger partial charge in [0.2, 0.25) is 0 Å². The summed E-state index contributed by atoms with van der Waals surface area (Å²) in [5, 5.41) is 8.80. The zero-order chi connectivity index (χ0) is 13.8. The summed E-state index contributed by atoms with van der Waals surface area (Å²) in [4.78, 5) is 22.6. The second-order valence-corrected chi connectivity index (χ2v) is 4.00. The Morgan fingerprint density at radius 3 is 2.68 bits per heavy atom. The van der Waals surface area contributed by atoms with E-state index in [1.54, 1.807) is 7.11 Å². The monoisotopic (exact) mass is 259 g/mol. The number of methoxy groups -OCH3 is 1. The Kier molecular flexibility index (Phi) is 3.66. The van der Waals surface area contributed by atoms with Gasteiger partial charge in [-0.25, -0.2) is 4.79 Å². The molecule has 1 N–H and O–H groups in total. The molecule has 0 amide bonds. The molecule has 19 heavy (non-hydrogen) atoms. The molecule has 2 rings (SSSR count). The first-order valence-corrected chi connectivity index (χ1v) is 5.67. The van der Waals surface area contributed by atoms with Crippen molar-refractivity contribution in [2.75, 3.05) is 7.11 Å². The summed E-state index contributed by atoms with van der Waals surface area (Å²) in [6.45, 7) is 0.336. The van der Waals surface area contributed by atoms with Crippen LogP contribution in [0, 0.1) is 0 Å². The minimum Gasteiger partial charge on any atom is -0.496 e. The van der Waals surface area contributed by atoms with Gasteiger partial charge in [0.1, 0.15) is 5.75 Å². The summed E-state index contributed by atoms with van der Waals surface area (Å²) in [7, 11) is 1.56. The molecule has 0 saturated carbocycles. The van der Waals surface area contributed by atoms with Crippen LogP contribution in [0.1, 0.15) is 15.9 Å². The molecule has 1 heterocycles. The summed E-state index contributed by atoms with van der Waals surface area (Å²) >= 11 is 0.